The summed E-state index contributed by atoms with van der Waals surface area (Å²) in [5, 5.41) is 13.3. The van der Waals surface area contributed by atoms with E-state index in [0.717, 1.165) is 5.56 Å². The fraction of sp³-hybridized carbons (Fsp3) is 0.125. The number of nitrogens with one attached hydrogen (secondary N) is 1. The van der Waals surface area contributed by atoms with Gasteiger partial charge in [-0.05, 0) is 24.3 Å². The van der Waals surface area contributed by atoms with Crippen LogP contribution in [0, 0.1) is 0 Å². The standard InChI is InChI=1S/C16H13ClN4O3.K/c17-11-4-1-3-10(7-11)15-20-12-5-2-6-18-16(12)21(15)9-13(22)19-8-14(23)24;/h1-7H,8-9H2,(H,19,22)(H,23,24);/q;+1/p-1. The van der Waals surface area contributed by atoms with Crippen molar-refractivity contribution in [2.24, 2.45) is 0 Å². The molecule has 3 aromatic rings. The van der Waals surface area contributed by atoms with Gasteiger partial charge in [0.05, 0.1) is 12.5 Å². The average Bonchev–Trinajstić information content (AvgIpc) is 2.92. The van der Waals surface area contributed by atoms with Gasteiger partial charge in [0, 0.05) is 16.8 Å². The summed E-state index contributed by atoms with van der Waals surface area (Å²) in [4.78, 5) is 31.2. The first kappa shape index (κ1) is 20.0. The van der Waals surface area contributed by atoms with Gasteiger partial charge in [-0.2, -0.15) is 0 Å². The van der Waals surface area contributed by atoms with Crippen molar-refractivity contribution in [1.29, 1.82) is 0 Å². The Kier molecular flexibility index (Phi) is 7.11. The van der Waals surface area contributed by atoms with Gasteiger partial charge in [-0.15, -0.1) is 0 Å². The molecule has 0 aliphatic rings. The summed E-state index contributed by atoms with van der Waals surface area (Å²) in [5.41, 5.74) is 1.88. The quantitative estimate of drug-likeness (QED) is 0.497. The van der Waals surface area contributed by atoms with E-state index in [4.69, 9.17) is 11.6 Å². The van der Waals surface area contributed by atoms with E-state index < -0.39 is 18.4 Å². The third-order valence-corrected chi connectivity index (χ3v) is 3.55. The molecule has 3 rings (SSSR count). The molecule has 1 aromatic carbocycles. The van der Waals surface area contributed by atoms with Gasteiger partial charge in [0.2, 0.25) is 5.91 Å². The summed E-state index contributed by atoms with van der Waals surface area (Å²) in [5.74, 6) is -1.31. The second kappa shape index (κ2) is 8.88. The number of aromatic nitrogens is 3. The molecule has 2 heterocycles. The fourth-order valence-electron chi connectivity index (χ4n) is 2.33. The van der Waals surface area contributed by atoms with Crippen molar-refractivity contribution in [2.75, 3.05) is 6.54 Å². The van der Waals surface area contributed by atoms with E-state index in [2.05, 4.69) is 15.3 Å². The Morgan fingerprint density at radius 3 is 2.76 bits per heavy atom. The predicted molar refractivity (Wildman–Crippen MR) is 86.0 cm³/mol. The number of fused-ring (bicyclic) bond motifs is 1. The summed E-state index contributed by atoms with van der Waals surface area (Å²) in [6.07, 6.45) is 1.60. The van der Waals surface area contributed by atoms with Crippen molar-refractivity contribution < 1.29 is 66.1 Å². The molecule has 1 amide bonds. The summed E-state index contributed by atoms with van der Waals surface area (Å²) >= 11 is 6.03. The molecule has 2 aromatic heterocycles. The average molecular weight is 383 g/mol. The van der Waals surface area contributed by atoms with Crippen LogP contribution in [0.3, 0.4) is 0 Å². The van der Waals surface area contributed by atoms with Crippen LogP contribution in [0.5, 0.6) is 0 Å². The monoisotopic (exact) mass is 382 g/mol. The van der Waals surface area contributed by atoms with Gasteiger partial charge < -0.3 is 15.2 Å². The fourth-order valence-corrected chi connectivity index (χ4v) is 2.52. The Labute approximate surface area is 190 Å². The number of carbonyl (C=O) groups excluding carboxylic acids is 2. The molecule has 7 nitrogen and oxygen atoms in total. The van der Waals surface area contributed by atoms with E-state index in [1.807, 2.05) is 6.07 Å². The van der Waals surface area contributed by atoms with E-state index in [1.165, 1.54) is 0 Å². The van der Waals surface area contributed by atoms with Gasteiger partial charge in [0.1, 0.15) is 17.9 Å². The summed E-state index contributed by atoms with van der Waals surface area (Å²) in [7, 11) is 0. The van der Waals surface area contributed by atoms with Gasteiger partial charge >= 0.3 is 51.4 Å². The van der Waals surface area contributed by atoms with Crippen molar-refractivity contribution in [3.63, 3.8) is 0 Å². The largest absolute Gasteiger partial charge is 1.00 e. The number of halogens is 1. The number of carboxylic acid groups (broad SMARTS) is 1. The zero-order chi connectivity index (χ0) is 17.1. The third kappa shape index (κ3) is 4.87. The topological polar surface area (TPSA) is 99.9 Å². The number of hydrogen-bond acceptors (Lipinski definition) is 5. The van der Waals surface area contributed by atoms with Crippen LogP contribution in [0.25, 0.3) is 22.6 Å². The normalized spacial score (nSPS) is 10.3. The molecule has 0 unspecified atom stereocenters. The molecule has 0 radical (unpaired) electrons. The summed E-state index contributed by atoms with van der Waals surface area (Å²) in [6.45, 7) is -0.673. The molecule has 0 saturated carbocycles. The molecule has 9 heteroatoms. The SMILES string of the molecule is O=C([O-])CNC(=O)Cn1c(-c2cccc(Cl)c2)nc2cccnc21.[K+]. The van der Waals surface area contributed by atoms with Crippen LogP contribution in [0.1, 0.15) is 0 Å². The second-order valence-electron chi connectivity index (χ2n) is 5.03. The molecule has 0 fully saturated rings. The van der Waals surface area contributed by atoms with Crippen molar-refractivity contribution in [2.45, 2.75) is 6.54 Å². The molecule has 0 atom stereocenters. The van der Waals surface area contributed by atoms with Gasteiger partial charge in [0.15, 0.2) is 5.65 Å². The van der Waals surface area contributed by atoms with Crippen LogP contribution in [-0.4, -0.2) is 33.0 Å². The first-order valence-electron chi connectivity index (χ1n) is 7.08. The molecule has 0 spiro atoms. The Morgan fingerprint density at radius 1 is 1.24 bits per heavy atom. The maximum atomic E-state index is 12.0. The minimum atomic E-state index is -1.35. The number of amides is 1. The number of imidazole rings is 1. The third-order valence-electron chi connectivity index (χ3n) is 3.32. The molecule has 122 valence electrons. The number of aliphatic carboxylic acids is 1. The molecule has 0 saturated heterocycles. The summed E-state index contributed by atoms with van der Waals surface area (Å²) < 4.78 is 1.62. The van der Waals surface area contributed by atoms with Gasteiger partial charge in [-0.3, -0.25) is 9.36 Å². The number of nitrogens with zero attached hydrogens (tertiary/aromatic N) is 3. The number of rotatable bonds is 5. The van der Waals surface area contributed by atoms with Crippen molar-refractivity contribution in [3.8, 4) is 11.4 Å². The maximum Gasteiger partial charge on any atom is 1.00 e. The Morgan fingerprint density at radius 2 is 2.04 bits per heavy atom. The van der Waals surface area contributed by atoms with Crippen molar-refractivity contribution in [1.82, 2.24) is 19.9 Å². The van der Waals surface area contributed by atoms with Crippen molar-refractivity contribution >= 4 is 34.6 Å². The van der Waals surface area contributed by atoms with Crippen LogP contribution >= 0.6 is 11.6 Å². The first-order chi connectivity index (χ1) is 11.5. The molecule has 0 aliphatic heterocycles. The number of benzene rings is 1. The first-order valence-corrected chi connectivity index (χ1v) is 7.46. The Hall–Kier alpha value is -1.29. The van der Waals surface area contributed by atoms with Crippen LogP contribution in [0.15, 0.2) is 42.6 Å². The molecular formula is C16H12ClKN4O3. The predicted octanol–water partition coefficient (Wildman–Crippen LogP) is -2.38. The van der Waals surface area contributed by atoms with E-state index in [0.29, 0.717) is 22.0 Å². The zero-order valence-corrected chi connectivity index (χ0v) is 17.3. The molecule has 0 bridgehead atoms. The number of hydrogen-bond donors (Lipinski definition) is 1. The molecule has 1 N–H and O–H groups in total. The minimum Gasteiger partial charge on any atom is -0.548 e. The zero-order valence-electron chi connectivity index (χ0n) is 13.4. The number of pyridine rings is 1. The second-order valence-corrected chi connectivity index (χ2v) is 5.46. The Bertz CT molecular complexity index is 929. The number of carboxylic acids is 1. The molecular weight excluding hydrogens is 371 g/mol. The van der Waals surface area contributed by atoms with Gasteiger partial charge in [0.25, 0.3) is 0 Å². The van der Waals surface area contributed by atoms with Crippen LogP contribution in [-0.2, 0) is 16.1 Å². The molecule has 25 heavy (non-hydrogen) atoms. The van der Waals surface area contributed by atoms with E-state index in [9.17, 15) is 14.7 Å². The van der Waals surface area contributed by atoms with E-state index in [1.54, 1.807) is 41.1 Å². The van der Waals surface area contributed by atoms with E-state index in [-0.39, 0.29) is 57.9 Å². The van der Waals surface area contributed by atoms with Crippen LogP contribution in [0.4, 0.5) is 0 Å². The minimum absolute atomic E-state index is 0. The van der Waals surface area contributed by atoms with Gasteiger partial charge in [-0.1, -0.05) is 23.7 Å². The van der Waals surface area contributed by atoms with Crippen LogP contribution in [0.2, 0.25) is 5.02 Å². The van der Waals surface area contributed by atoms with Gasteiger partial charge in [-0.25, -0.2) is 9.97 Å². The van der Waals surface area contributed by atoms with Crippen molar-refractivity contribution in [3.05, 3.63) is 47.6 Å². The Balaban J connectivity index is 0.00000225. The number of carbonyl (C=O) groups is 2. The smallest absolute Gasteiger partial charge is 0.548 e. The molecule has 0 aliphatic carbocycles. The summed E-state index contributed by atoms with van der Waals surface area (Å²) in [6, 6.07) is 10.6. The van der Waals surface area contributed by atoms with Crippen LogP contribution < -0.4 is 61.8 Å². The van der Waals surface area contributed by atoms with E-state index >= 15 is 0 Å². The maximum absolute atomic E-state index is 12.0.